The Bertz CT molecular complexity index is 1440. The normalized spacial score (nSPS) is 14.1. The first kappa shape index (κ1) is 43.3. The van der Waals surface area contributed by atoms with E-state index in [1.54, 1.807) is 45.0 Å². The Kier molecular flexibility index (Phi) is 13.8. The number of carbonyl (C=O) groups excluding carboxylic acids is 7. The molecule has 2 atom stereocenters. The molecule has 6 amide bonds. The summed E-state index contributed by atoms with van der Waals surface area (Å²) in [5, 5.41) is 15.4. The van der Waals surface area contributed by atoms with Crippen LogP contribution in [0.15, 0.2) is 30.3 Å². The molecule has 1 rings (SSSR count). The molecule has 0 saturated heterocycles. The number of carbonyl (C=O) groups is 7. The van der Waals surface area contributed by atoms with Crippen LogP contribution in [0.5, 0.6) is 0 Å². The fraction of sp³-hybridized carbons (Fsp3) is 0.629. The highest BCUT2D eigenvalue weighted by molar-refractivity contribution is 6.01. The van der Waals surface area contributed by atoms with Gasteiger partial charge in [-0.1, -0.05) is 30.3 Å². The topological polar surface area (TPSA) is 210 Å². The number of benzene rings is 1. The van der Waals surface area contributed by atoms with Gasteiger partial charge in [-0.2, -0.15) is 0 Å². The zero-order valence-electron chi connectivity index (χ0n) is 31.8. The van der Waals surface area contributed by atoms with Crippen molar-refractivity contribution in [1.29, 1.82) is 0 Å². The van der Waals surface area contributed by atoms with E-state index in [1.165, 1.54) is 76.2 Å². The average molecular weight is 706 g/mol. The summed E-state index contributed by atoms with van der Waals surface area (Å²) in [5.41, 5.74) is -7.67. The molecule has 0 unspecified atom stereocenters. The van der Waals surface area contributed by atoms with E-state index in [0.717, 1.165) is 5.56 Å². The molecule has 280 valence electrons. The average Bonchev–Trinajstić information content (AvgIpc) is 2.94. The molecule has 0 radical (unpaired) electrons. The van der Waals surface area contributed by atoms with E-state index in [2.05, 4.69) is 31.9 Å². The smallest absolute Gasteiger partial charge is 0.408 e. The van der Waals surface area contributed by atoms with Crippen LogP contribution < -0.4 is 31.9 Å². The van der Waals surface area contributed by atoms with Crippen molar-refractivity contribution in [3.8, 4) is 0 Å². The molecule has 1 aromatic carbocycles. The minimum absolute atomic E-state index is 0.00387. The summed E-state index contributed by atoms with van der Waals surface area (Å²) in [4.78, 5) is 90.7. The Morgan fingerprint density at radius 2 is 0.880 bits per heavy atom. The van der Waals surface area contributed by atoms with E-state index in [4.69, 9.17) is 9.47 Å². The molecule has 15 heteroatoms. The van der Waals surface area contributed by atoms with Crippen LogP contribution in [-0.4, -0.2) is 80.9 Å². The first-order valence-electron chi connectivity index (χ1n) is 16.2. The van der Waals surface area contributed by atoms with Crippen LogP contribution in [0.4, 0.5) is 4.79 Å². The summed E-state index contributed by atoms with van der Waals surface area (Å²) in [5.74, 6) is -4.19. The zero-order valence-corrected chi connectivity index (χ0v) is 31.8. The number of nitrogens with one attached hydrogen (secondary N) is 6. The fourth-order valence-corrected chi connectivity index (χ4v) is 3.88. The number of hydrogen-bond donors (Lipinski definition) is 6. The molecular formula is C35H56N6O9. The SMILES string of the molecule is C[C@H](NC(=O)C(C)(C)NC(=O)C(C)(C)NC(=O)C(C)(C)NC(=O)C(C)(C)NC(=O)[C@](C)([13CH3])NC(=O)OCc1ccccc1)C(=O)OC(C)(C)C. The van der Waals surface area contributed by atoms with E-state index >= 15 is 0 Å². The van der Waals surface area contributed by atoms with Crippen molar-refractivity contribution in [2.75, 3.05) is 0 Å². The zero-order chi connectivity index (χ0) is 39.1. The summed E-state index contributed by atoms with van der Waals surface area (Å²) in [6.45, 7) is 20.8. The van der Waals surface area contributed by atoms with Gasteiger partial charge in [0.1, 0.15) is 45.9 Å². The van der Waals surface area contributed by atoms with Gasteiger partial charge in [-0.25, -0.2) is 9.59 Å². The van der Waals surface area contributed by atoms with E-state index in [-0.39, 0.29) is 6.61 Å². The van der Waals surface area contributed by atoms with E-state index in [0.29, 0.717) is 0 Å². The number of rotatable bonds is 14. The van der Waals surface area contributed by atoms with Crippen molar-refractivity contribution in [3.63, 3.8) is 0 Å². The van der Waals surface area contributed by atoms with Gasteiger partial charge in [0.2, 0.25) is 29.5 Å². The molecular weight excluding hydrogens is 649 g/mol. The number of esters is 1. The van der Waals surface area contributed by atoms with Crippen LogP contribution >= 0.6 is 0 Å². The second-order valence-electron chi connectivity index (χ2n) is 15.9. The minimum atomic E-state index is -1.58. The van der Waals surface area contributed by atoms with Gasteiger partial charge < -0.3 is 41.4 Å². The Morgan fingerprint density at radius 3 is 1.24 bits per heavy atom. The molecule has 0 aliphatic rings. The fourth-order valence-electron chi connectivity index (χ4n) is 3.88. The molecule has 50 heavy (non-hydrogen) atoms. The van der Waals surface area contributed by atoms with Crippen molar-refractivity contribution in [1.82, 2.24) is 31.9 Å². The Morgan fingerprint density at radius 1 is 0.540 bits per heavy atom. The van der Waals surface area contributed by atoms with E-state index in [9.17, 15) is 33.6 Å². The Labute approximate surface area is 295 Å². The van der Waals surface area contributed by atoms with Gasteiger partial charge >= 0.3 is 12.1 Å². The summed E-state index contributed by atoms with van der Waals surface area (Å²) < 4.78 is 10.5. The number of alkyl carbamates (subject to hydrolysis) is 1. The molecule has 0 bridgehead atoms. The van der Waals surface area contributed by atoms with Crippen molar-refractivity contribution < 1.29 is 43.0 Å². The lowest BCUT2D eigenvalue weighted by atomic mass is 9.95. The van der Waals surface area contributed by atoms with Gasteiger partial charge in [0.15, 0.2) is 0 Å². The molecule has 0 heterocycles. The van der Waals surface area contributed by atoms with Crippen molar-refractivity contribution >= 4 is 41.6 Å². The molecule has 0 aliphatic carbocycles. The van der Waals surface area contributed by atoms with Crippen LogP contribution in [0.1, 0.15) is 102 Å². The van der Waals surface area contributed by atoms with Gasteiger partial charge in [0.25, 0.3) is 0 Å². The predicted octanol–water partition coefficient (Wildman–Crippen LogP) is 2.12. The highest BCUT2D eigenvalue weighted by Gasteiger charge is 2.43. The maximum atomic E-state index is 13.4. The maximum Gasteiger partial charge on any atom is 0.408 e. The number of amides is 6. The molecule has 6 N–H and O–H groups in total. The monoisotopic (exact) mass is 705 g/mol. The highest BCUT2D eigenvalue weighted by atomic mass is 16.6. The van der Waals surface area contributed by atoms with Gasteiger partial charge in [-0.15, -0.1) is 0 Å². The van der Waals surface area contributed by atoms with Crippen LogP contribution in [0, 0.1) is 0 Å². The standard InChI is InChI=1S/C35H56N6O9/c1-21(23(42)50-30(2,3)4)36-24(43)31(5,6)37-25(44)32(7,8)38-26(45)33(9,10)39-27(46)34(11,12)40-28(47)35(13,14)41-29(48)49-20-22-18-16-15-17-19-22/h15-19,21H,20H2,1-14H3,(H,36,43)(H,37,44)(H,38,45)(H,39,46)(H,40,47)(H,41,48)/t21-/m0/s1/i13+1/t21-,35+. The lowest BCUT2D eigenvalue weighted by Crippen LogP contribution is -2.68. The largest absolute Gasteiger partial charge is 0.458 e. The lowest BCUT2D eigenvalue weighted by molar-refractivity contribution is -0.158. The van der Waals surface area contributed by atoms with Crippen LogP contribution in [0.25, 0.3) is 0 Å². The van der Waals surface area contributed by atoms with Crippen LogP contribution in [0.2, 0.25) is 0 Å². The second kappa shape index (κ2) is 15.9. The highest BCUT2D eigenvalue weighted by Crippen LogP contribution is 2.15. The minimum Gasteiger partial charge on any atom is -0.458 e. The Hall–Kier alpha value is -4.69. The quantitative estimate of drug-likeness (QED) is 0.124. The molecule has 0 aromatic heterocycles. The summed E-state index contributed by atoms with van der Waals surface area (Å²) in [6.07, 6.45) is -0.833. The Balaban J connectivity index is 2.84. The van der Waals surface area contributed by atoms with Crippen molar-refractivity contribution in [2.45, 2.75) is 143 Å². The lowest BCUT2D eigenvalue weighted by Gasteiger charge is -2.36. The van der Waals surface area contributed by atoms with E-state index in [1.807, 2.05) is 6.07 Å². The van der Waals surface area contributed by atoms with Gasteiger partial charge in [0.05, 0.1) is 0 Å². The maximum absolute atomic E-state index is 13.4. The third-order valence-electron chi connectivity index (χ3n) is 7.28. The molecule has 15 nitrogen and oxygen atoms in total. The molecule has 0 aliphatic heterocycles. The molecule has 0 saturated carbocycles. The van der Waals surface area contributed by atoms with Crippen LogP contribution in [-0.2, 0) is 44.8 Å². The third kappa shape index (κ3) is 13.3. The summed E-state index contributed by atoms with van der Waals surface area (Å²) >= 11 is 0. The first-order chi connectivity index (χ1) is 22.4. The summed E-state index contributed by atoms with van der Waals surface area (Å²) in [6, 6.07) is 7.99. The summed E-state index contributed by atoms with van der Waals surface area (Å²) in [7, 11) is 0. The van der Waals surface area contributed by atoms with E-state index < -0.39 is 80.9 Å². The van der Waals surface area contributed by atoms with Crippen molar-refractivity contribution in [2.24, 2.45) is 0 Å². The van der Waals surface area contributed by atoms with Crippen molar-refractivity contribution in [3.05, 3.63) is 35.9 Å². The number of ether oxygens (including phenoxy) is 2. The third-order valence-corrected chi connectivity index (χ3v) is 7.28. The van der Waals surface area contributed by atoms with Crippen LogP contribution in [0.3, 0.4) is 0 Å². The van der Waals surface area contributed by atoms with Gasteiger partial charge in [-0.3, -0.25) is 24.0 Å². The van der Waals surface area contributed by atoms with Gasteiger partial charge in [0, 0.05) is 0 Å². The first-order valence-corrected chi connectivity index (χ1v) is 16.2. The molecule has 1 aromatic rings. The molecule has 0 fully saturated rings. The molecule has 0 spiro atoms. The second-order valence-corrected chi connectivity index (χ2v) is 15.9. The number of hydrogen-bond acceptors (Lipinski definition) is 9. The van der Waals surface area contributed by atoms with Gasteiger partial charge in [-0.05, 0) is 102 Å². The predicted molar refractivity (Wildman–Crippen MR) is 186 cm³/mol.